The average Bonchev–Trinajstić information content (AvgIpc) is 3.09. The Kier molecular flexibility index (Phi) is 5.25. The van der Waals surface area contributed by atoms with Crippen LogP contribution in [0, 0.1) is 11.3 Å². The van der Waals surface area contributed by atoms with Gasteiger partial charge in [0, 0.05) is 11.3 Å². The third kappa shape index (κ3) is 3.53. The van der Waals surface area contributed by atoms with Gasteiger partial charge in [-0.2, -0.15) is 5.26 Å². The molecular weight excluding hydrogens is 392 g/mol. The first-order chi connectivity index (χ1) is 15.0. The second kappa shape index (κ2) is 8.17. The van der Waals surface area contributed by atoms with E-state index >= 15 is 0 Å². The van der Waals surface area contributed by atoms with Crippen molar-refractivity contribution in [1.82, 2.24) is 0 Å². The highest BCUT2D eigenvalue weighted by atomic mass is 16.5. The highest BCUT2D eigenvalue weighted by Crippen LogP contribution is 2.42. The van der Waals surface area contributed by atoms with Crippen LogP contribution in [-0.2, 0) is 9.59 Å². The van der Waals surface area contributed by atoms with E-state index in [0.717, 1.165) is 0 Å². The number of aliphatic hydroxyl groups excluding tert-OH is 1. The van der Waals surface area contributed by atoms with Gasteiger partial charge in [-0.05, 0) is 42.0 Å². The zero-order valence-corrected chi connectivity index (χ0v) is 16.6. The molecule has 1 aliphatic rings. The van der Waals surface area contributed by atoms with E-state index in [9.17, 15) is 14.7 Å². The highest BCUT2D eigenvalue weighted by Gasteiger charge is 2.47. The van der Waals surface area contributed by atoms with Crippen LogP contribution >= 0.6 is 0 Å². The van der Waals surface area contributed by atoms with Crippen LogP contribution in [0.1, 0.15) is 22.7 Å². The molecule has 3 aromatic carbocycles. The maximum absolute atomic E-state index is 13.1. The fourth-order valence-corrected chi connectivity index (χ4v) is 3.67. The lowest BCUT2D eigenvalue weighted by molar-refractivity contribution is -0.132. The van der Waals surface area contributed by atoms with Crippen molar-refractivity contribution in [3.8, 4) is 11.8 Å². The van der Waals surface area contributed by atoms with Gasteiger partial charge in [0.15, 0.2) is 0 Å². The van der Waals surface area contributed by atoms with Crippen LogP contribution in [0.2, 0.25) is 0 Å². The summed E-state index contributed by atoms with van der Waals surface area (Å²) in [6.07, 6.45) is 0. The number of nitrogens with zero attached hydrogens (tertiary/aromatic N) is 2. The lowest BCUT2D eigenvalue weighted by Crippen LogP contribution is -2.29. The first-order valence-corrected chi connectivity index (χ1v) is 9.55. The first kappa shape index (κ1) is 19.9. The summed E-state index contributed by atoms with van der Waals surface area (Å²) in [7, 11) is 1.53. The zero-order valence-electron chi connectivity index (χ0n) is 16.6. The molecule has 1 saturated heterocycles. The minimum atomic E-state index is -0.858. The standard InChI is InChI=1S/C25H18N2O4/c1-31-20-9-5-8-18(14-20)22-21(23(28)17-6-3-2-4-7-17)24(29)25(30)27(22)19-12-10-16(15-26)11-13-19/h2-14,22,28H,1H3/b23-21-. The third-order valence-electron chi connectivity index (χ3n) is 5.18. The molecule has 31 heavy (non-hydrogen) atoms. The average molecular weight is 410 g/mol. The second-order valence-corrected chi connectivity index (χ2v) is 6.97. The van der Waals surface area contributed by atoms with Crippen LogP contribution < -0.4 is 9.64 Å². The maximum atomic E-state index is 13.1. The summed E-state index contributed by atoms with van der Waals surface area (Å²) in [6.45, 7) is 0. The molecule has 0 spiro atoms. The van der Waals surface area contributed by atoms with Crippen molar-refractivity contribution in [2.45, 2.75) is 6.04 Å². The molecule has 1 N–H and O–H groups in total. The molecule has 1 aliphatic heterocycles. The number of rotatable bonds is 4. The van der Waals surface area contributed by atoms with Crippen LogP contribution in [0.3, 0.4) is 0 Å². The molecule has 0 aliphatic carbocycles. The molecule has 1 amide bonds. The molecule has 0 saturated carbocycles. The summed E-state index contributed by atoms with van der Waals surface area (Å²) >= 11 is 0. The monoisotopic (exact) mass is 410 g/mol. The smallest absolute Gasteiger partial charge is 0.300 e. The lowest BCUT2D eigenvalue weighted by atomic mass is 9.95. The number of anilines is 1. The van der Waals surface area contributed by atoms with Gasteiger partial charge in [-0.15, -0.1) is 0 Å². The molecule has 4 rings (SSSR count). The molecule has 6 heteroatoms. The summed E-state index contributed by atoms with van der Waals surface area (Å²) in [4.78, 5) is 27.5. The van der Waals surface area contributed by atoms with E-state index in [1.807, 2.05) is 6.07 Å². The minimum absolute atomic E-state index is 0.00573. The molecule has 1 heterocycles. The highest BCUT2D eigenvalue weighted by molar-refractivity contribution is 6.51. The number of carbonyl (C=O) groups excluding carboxylic acids is 2. The number of Topliss-reactive ketones (excluding diaryl/α,β-unsaturated/α-hetero) is 1. The normalized spacial score (nSPS) is 17.4. The van der Waals surface area contributed by atoms with Gasteiger partial charge in [0.05, 0.1) is 30.4 Å². The SMILES string of the molecule is COc1cccc(C2/C(=C(/O)c3ccccc3)C(=O)C(=O)N2c2ccc(C#N)cc2)c1. The Bertz CT molecular complexity index is 1220. The number of carbonyl (C=O) groups is 2. The largest absolute Gasteiger partial charge is 0.507 e. The van der Waals surface area contributed by atoms with Crippen LogP contribution in [0.5, 0.6) is 5.75 Å². The molecule has 1 atom stereocenters. The fourth-order valence-electron chi connectivity index (χ4n) is 3.67. The van der Waals surface area contributed by atoms with Gasteiger partial charge in [0.2, 0.25) is 0 Å². The van der Waals surface area contributed by atoms with Gasteiger partial charge in [0.1, 0.15) is 11.5 Å². The van der Waals surface area contributed by atoms with Gasteiger partial charge in [-0.3, -0.25) is 14.5 Å². The summed E-state index contributed by atoms with van der Waals surface area (Å²) in [5, 5.41) is 20.1. The van der Waals surface area contributed by atoms with Crippen molar-refractivity contribution in [2.75, 3.05) is 12.0 Å². The molecule has 0 radical (unpaired) electrons. The molecule has 3 aromatic rings. The number of aliphatic hydroxyl groups is 1. The third-order valence-corrected chi connectivity index (χ3v) is 5.18. The first-order valence-electron chi connectivity index (χ1n) is 9.55. The van der Waals surface area contributed by atoms with Crippen LogP contribution in [0.15, 0.2) is 84.4 Å². The van der Waals surface area contributed by atoms with Crippen molar-refractivity contribution >= 4 is 23.1 Å². The summed E-state index contributed by atoms with van der Waals surface area (Å²) in [5.41, 5.74) is 1.92. The van der Waals surface area contributed by atoms with E-state index in [1.54, 1.807) is 78.9 Å². The van der Waals surface area contributed by atoms with Crippen molar-refractivity contribution in [2.24, 2.45) is 0 Å². The number of hydrogen-bond donors (Lipinski definition) is 1. The topological polar surface area (TPSA) is 90.6 Å². The quantitative estimate of drug-likeness (QED) is 0.396. The molecule has 1 unspecified atom stereocenters. The van der Waals surface area contributed by atoms with Gasteiger partial charge in [-0.25, -0.2) is 0 Å². The number of amides is 1. The predicted molar refractivity (Wildman–Crippen MR) is 115 cm³/mol. The minimum Gasteiger partial charge on any atom is -0.507 e. The van der Waals surface area contributed by atoms with Crippen molar-refractivity contribution in [3.05, 3.63) is 101 Å². The zero-order chi connectivity index (χ0) is 22.0. The summed E-state index contributed by atoms with van der Waals surface area (Å²) < 4.78 is 5.32. The van der Waals surface area contributed by atoms with E-state index in [2.05, 4.69) is 0 Å². The van der Waals surface area contributed by atoms with Gasteiger partial charge < -0.3 is 9.84 Å². The molecular formula is C25H18N2O4. The van der Waals surface area contributed by atoms with E-state index < -0.39 is 17.7 Å². The van der Waals surface area contributed by atoms with Crippen LogP contribution in [0.25, 0.3) is 5.76 Å². The van der Waals surface area contributed by atoms with E-state index in [0.29, 0.717) is 28.1 Å². The lowest BCUT2D eigenvalue weighted by Gasteiger charge is -2.25. The second-order valence-electron chi connectivity index (χ2n) is 6.97. The Balaban J connectivity index is 1.94. The molecule has 0 bridgehead atoms. The predicted octanol–water partition coefficient (Wildman–Crippen LogP) is 4.19. The van der Waals surface area contributed by atoms with E-state index in [-0.39, 0.29) is 11.3 Å². The van der Waals surface area contributed by atoms with E-state index in [4.69, 9.17) is 10.00 Å². The van der Waals surface area contributed by atoms with Crippen molar-refractivity contribution in [1.29, 1.82) is 5.26 Å². The molecule has 0 aromatic heterocycles. The number of ketones is 1. The summed E-state index contributed by atoms with van der Waals surface area (Å²) in [5.74, 6) is -1.22. The number of methoxy groups -OCH3 is 1. The molecule has 152 valence electrons. The van der Waals surface area contributed by atoms with E-state index in [1.165, 1.54) is 12.0 Å². The van der Waals surface area contributed by atoms with Crippen LogP contribution in [0.4, 0.5) is 5.69 Å². The maximum Gasteiger partial charge on any atom is 0.300 e. The Hall–Kier alpha value is -4.37. The van der Waals surface area contributed by atoms with Gasteiger partial charge in [0.25, 0.3) is 11.7 Å². The Labute approximate surface area is 179 Å². The van der Waals surface area contributed by atoms with Crippen molar-refractivity contribution < 1.29 is 19.4 Å². The van der Waals surface area contributed by atoms with Crippen LogP contribution in [-0.4, -0.2) is 23.9 Å². The van der Waals surface area contributed by atoms with Gasteiger partial charge in [-0.1, -0.05) is 42.5 Å². The summed E-state index contributed by atoms with van der Waals surface area (Å²) in [6, 6.07) is 23.2. The van der Waals surface area contributed by atoms with Gasteiger partial charge >= 0.3 is 0 Å². The number of hydrogen-bond acceptors (Lipinski definition) is 5. The molecule has 1 fully saturated rings. The van der Waals surface area contributed by atoms with Crippen molar-refractivity contribution in [3.63, 3.8) is 0 Å². The molecule has 6 nitrogen and oxygen atoms in total. The number of benzene rings is 3. The fraction of sp³-hybridized carbons (Fsp3) is 0.0800. The number of nitriles is 1. The Morgan fingerprint density at radius 2 is 1.71 bits per heavy atom. The Morgan fingerprint density at radius 1 is 1.00 bits per heavy atom. The number of ether oxygens (including phenoxy) is 1. The Morgan fingerprint density at radius 3 is 2.35 bits per heavy atom.